The topological polar surface area (TPSA) is 119 Å². The normalized spacial score (nSPS) is 27.8. The fourth-order valence-electron chi connectivity index (χ4n) is 4.99. The van der Waals surface area contributed by atoms with Gasteiger partial charge in [-0.25, -0.2) is 10.2 Å². The Balaban J connectivity index is 2.51. The van der Waals surface area contributed by atoms with Gasteiger partial charge in [-0.15, -0.1) is 0 Å². The maximum absolute atomic E-state index is 12.5. The van der Waals surface area contributed by atoms with Gasteiger partial charge in [0.15, 0.2) is 6.10 Å². The number of rotatable bonds is 13. The second kappa shape index (κ2) is 14.8. The molecule has 5 N–H and O–H groups in total. The van der Waals surface area contributed by atoms with Crippen LogP contribution in [0, 0.1) is 5.92 Å². The quantitative estimate of drug-likeness (QED) is 0.184. The summed E-state index contributed by atoms with van der Waals surface area (Å²) < 4.78 is 12.0. The number of carboxylic acids is 1. The van der Waals surface area contributed by atoms with Gasteiger partial charge >= 0.3 is 5.97 Å². The van der Waals surface area contributed by atoms with E-state index in [-0.39, 0.29) is 29.6 Å². The highest BCUT2D eigenvalue weighted by Crippen LogP contribution is 2.30. The van der Waals surface area contributed by atoms with E-state index >= 15 is 0 Å². The molecule has 0 aliphatic carbocycles. The molecule has 1 fully saturated rings. The van der Waals surface area contributed by atoms with E-state index in [0.29, 0.717) is 30.3 Å². The SMILES string of the molecule is C/C=C\C[C@H](NNC)[C@@H]1NN/C(N2CCC(C)(OCC)CC2)=C([C@H](OCC(C)C)C(=O)O)\C(C)=N/C1C. The standard InChI is InChI=1S/C27H50N6O4/c1-9-11-12-21(30-28-8)23-20(6)29-19(5)22(24(26(34)35)36-17-18(3)4)25(32-31-23)33-15-13-27(7,14-16-33)37-10-2/h9,11,18,20-21,23-24,28,30-32H,10,12-17H2,1-8H3,(H,34,35)/b11-9-,25-22-,29-19-/t20?,21-,23+,24-/m0/s1. The van der Waals surface area contributed by atoms with Gasteiger partial charge in [-0.3, -0.25) is 15.8 Å². The highest BCUT2D eigenvalue weighted by molar-refractivity contribution is 6.04. The average Bonchev–Trinajstić information content (AvgIpc) is 2.82. The molecule has 10 nitrogen and oxygen atoms in total. The molecule has 1 saturated heterocycles. The summed E-state index contributed by atoms with van der Waals surface area (Å²) in [6.45, 7) is 16.6. The molecule has 0 aromatic carbocycles. The third-order valence-electron chi connectivity index (χ3n) is 7.02. The number of hydrazine groups is 2. The van der Waals surface area contributed by atoms with Crippen molar-refractivity contribution in [2.24, 2.45) is 10.9 Å². The van der Waals surface area contributed by atoms with Crippen molar-refractivity contribution in [2.45, 2.75) is 97.6 Å². The van der Waals surface area contributed by atoms with Crippen LogP contribution in [-0.4, -0.2) is 84.9 Å². The number of aliphatic imine (C=N–C) groups is 1. The van der Waals surface area contributed by atoms with E-state index < -0.39 is 12.1 Å². The molecule has 0 aromatic rings. The van der Waals surface area contributed by atoms with Crippen molar-refractivity contribution in [1.82, 2.24) is 26.6 Å². The number of ether oxygens (including phenoxy) is 2. The molecule has 0 radical (unpaired) electrons. The summed E-state index contributed by atoms with van der Waals surface area (Å²) in [7, 11) is 1.86. The minimum atomic E-state index is -1.13. The molecule has 2 aliphatic rings. The number of hydrogen-bond acceptors (Lipinski definition) is 9. The first kappa shape index (κ1) is 31.2. The van der Waals surface area contributed by atoms with E-state index in [1.54, 1.807) is 0 Å². The zero-order valence-corrected chi connectivity index (χ0v) is 24.1. The highest BCUT2D eigenvalue weighted by Gasteiger charge is 2.38. The maximum atomic E-state index is 12.5. The number of likely N-dealkylation sites (tertiary alicyclic amines) is 1. The van der Waals surface area contributed by atoms with E-state index in [1.165, 1.54) is 0 Å². The summed E-state index contributed by atoms with van der Waals surface area (Å²) >= 11 is 0. The number of allylic oxidation sites excluding steroid dienone is 1. The first-order valence-electron chi connectivity index (χ1n) is 13.6. The van der Waals surface area contributed by atoms with Crippen molar-refractivity contribution >= 4 is 11.7 Å². The van der Waals surface area contributed by atoms with Crippen LogP contribution in [-0.2, 0) is 14.3 Å². The number of nitrogens with zero attached hydrogens (tertiary/aromatic N) is 2. The van der Waals surface area contributed by atoms with Crippen LogP contribution in [0.3, 0.4) is 0 Å². The maximum Gasteiger partial charge on any atom is 0.337 e. The van der Waals surface area contributed by atoms with Gasteiger partial charge < -0.3 is 24.9 Å². The number of nitrogens with one attached hydrogen (secondary N) is 4. The van der Waals surface area contributed by atoms with E-state index in [0.717, 1.165) is 32.4 Å². The van der Waals surface area contributed by atoms with Gasteiger partial charge in [-0.2, -0.15) is 0 Å². The Morgan fingerprint density at radius 3 is 2.57 bits per heavy atom. The lowest BCUT2D eigenvalue weighted by atomic mass is 9.92. The molecule has 2 aliphatic heterocycles. The van der Waals surface area contributed by atoms with Crippen molar-refractivity contribution in [3.05, 3.63) is 23.5 Å². The van der Waals surface area contributed by atoms with Crippen LogP contribution in [0.15, 0.2) is 28.5 Å². The van der Waals surface area contributed by atoms with E-state index in [4.69, 9.17) is 14.5 Å². The summed E-state index contributed by atoms with van der Waals surface area (Å²) in [6.07, 6.45) is 5.51. The number of hydrogen-bond donors (Lipinski definition) is 5. The van der Waals surface area contributed by atoms with E-state index in [2.05, 4.69) is 39.6 Å². The monoisotopic (exact) mass is 522 g/mol. The van der Waals surface area contributed by atoms with Gasteiger partial charge in [0.25, 0.3) is 0 Å². The Morgan fingerprint density at radius 2 is 2.03 bits per heavy atom. The van der Waals surface area contributed by atoms with Gasteiger partial charge in [0.1, 0.15) is 5.82 Å². The fourth-order valence-corrected chi connectivity index (χ4v) is 4.99. The predicted molar refractivity (Wildman–Crippen MR) is 148 cm³/mol. The molecule has 1 unspecified atom stereocenters. The minimum absolute atomic E-state index is 0.0399. The molecule has 0 amide bonds. The Labute approximate surface area is 223 Å². The van der Waals surface area contributed by atoms with Gasteiger partial charge in [0.05, 0.1) is 29.9 Å². The highest BCUT2D eigenvalue weighted by atomic mass is 16.5. The summed E-state index contributed by atoms with van der Waals surface area (Å²) in [5.74, 6) is -0.108. The van der Waals surface area contributed by atoms with Crippen LogP contribution in [0.25, 0.3) is 0 Å². The Kier molecular flexibility index (Phi) is 12.5. The summed E-state index contributed by atoms with van der Waals surface area (Å²) in [4.78, 5) is 19.7. The van der Waals surface area contributed by atoms with Gasteiger partial charge in [0.2, 0.25) is 0 Å². The molecule has 212 valence electrons. The molecule has 0 aromatic heterocycles. The Morgan fingerprint density at radius 1 is 1.35 bits per heavy atom. The largest absolute Gasteiger partial charge is 0.479 e. The minimum Gasteiger partial charge on any atom is -0.479 e. The molecule has 2 heterocycles. The zero-order chi connectivity index (χ0) is 27.6. The predicted octanol–water partition coefficient (Wildman–Crippen LogP) is 2.60. The van der Waals surface area contributed by atoms with Gasteiger partial charge in [-0.05, 0) is 66.8 Å². The third-order valence-corrected chi connectivity index (χ3v) is 7.02. The molecule has 0 spiro atoms. The van der Waals surface area contributed by atoms with Crippen LogP contribution in [0.2, 0.25) is 0 Å². The van der Waals surface area contributed by atoms with Crippen molar-refractivity contribution in [3.63, 3.8) is 0 Å². The van der Waals surface area contributed by atoms with Gasteiger partial charge in [-0.1, -0.05) is 26.0 Å². The summed E-state index contributed by atoms with van der Waals surface area (Å²) in [5.41, 5.74) is 14.4. The smallest absolute Gasteiger partial charge is 0.337 e. The van der Waals surface area contributed by atoms with Crippen LogP contribution < -0.4 is 21.7 Å². The lowest BCUT2D eigenvalue weighted by molar-refractivity contribution is -0.148. The lowest BCUT2D eigenvalue weighted by Crippen LogP contribution is -2.61. The molecule has 4 atom stereocenters. The van der Waals surface area contributed by atoms with Crippen molar-refractivity contribution in [3.8, 4) is 0 Å². The van der Waals surface area contributed by atoms with Crippen molar-refractivity contribution in [1.29, 1.82) is 0 Å². The molecular formula is C27H50N6O4. The second-order valence-electron chi connectivity index (χ2n) is 10.6. The Bertz CT molecular complexity index is 820. The average molecular weight is 523 g/mol. The fraction of sp³-hybridized carbons (Fsp3) is 0.778. The molecule has 37 heavy (non-hydrogen) atoms. The van der Waals surface area contributed by atoms with E-state index in [9.17, 15) is 9.90 Å². The van der Waals surface area contributed by atoms with Crippen molar-refractivity contribution in [2.75, 3.05) is 33.4 Å². The van der Waals surface area contributed by atoms with Crippen LogP contribution >= 0.6 is 0 Å². The molecule has 10 heteroatoms. The molecule has 0 bridgehead atoms. The summed E-state index contributed by atoms with van der Waals surface area (Å²) in [5, 5.41) is 10.2. The number of carboxylic acid groups (broad SMARTS) is 1. The van der Waals surface area contributed by atoms with Crippen LogP contribution in [0.4, 0.5) is 0 Å². The lowest BCUT2D eigenvalue weighted by Gasteiger charge is -2.43. The third kappa shape index (κ3) is 8.78. The van der Waals surface area contributed by atoms with E-state index in [1.807, 2.05) is 54.7 Å². The number of aliphatic carboxylic acids is 1. The number of carbonyl (C=O) groups is 1. The van der Waals surface area contributed by atoms with Gasteiger partial charge in [0, 0.05) is 31.4 Å². The zero-order valence-electron chi connectivity index (χ0n) is 24.1. The van der Waals surface area contributed by atoms with Crippen molar-refractivity contribution < 1.29 is 19.4 Å². The molecule has 2 rings (SSSR count). The molecule has 0 saturated carbocycles. The summed E-state index contributed by atoms with van der Waals surface area (Å²) in [6, 6.07) is -0.172. The first-order valence-corrected chi connectivity index (χ1v) is 13.6. The van der Waals surface area contributed by atoms with Crippen LogP contribution in [0.1, 0.15) is 67.7 Å². The Hall–Kier alpha value is -1.98. The number of piperidine rings is 1. The second-order valence-corrected chi connectivity index (χ2v) is 10.6. The molecular weight excluding hydrogens is 472 g/mol. The van der Waals surface area contributed by atoms with Crippen LogP contribution in [0.5, 0.6) is 0 Å². The first-order chi connectivity index (χ1) is 17.6.